The highest BCUT2D eigenvalue weighted by Gasteiger charge is 2.24. The predicted octanol–water partition coefficient (Wildman–Crippen LogP) is 3.46. The second-order valence-corrected chi connectivity index (χ2v) is 5.58. The van der Waals surface area contributed by atoms with Gasteiger partial charge < -0.3 is 10.8 Å². The third kappa shape index (κ3) is 3.61. The van der Waals surface area contributed by atoms with Gasteiger partial charge in [0, 0.05) is 23.4 Å². The molecule has 0 aliphatic rings. The van der Waals surface area contributed by atoms with Crippen LogP contribution in [0.5, 0.6) is 0 Å². The second kappa shape index (κ2) is 7.02. The molecular formula is C16H17F2NOS. The molecule has 2 unspecified atom stereocenters. The van der Waals surface area contributed by atoms with Crippen molar-refractivity contribution in [3.05, 3.63) is 65.2 Å². The van der Waals surface area contributed by atoms with Crippen molar-refractivity contribution in [3.63, 3.8) is 0 Å². The standard InChI is InChI=1S/C16H17F2NOS/c1-21-15-5-3-2-4-13(15)16(20)14(9-19)10-6-11(17)8-12(18)7-10/h2-8,14,16,20H,9,19H2,1H3. The van der Waals surface area contributed by atoms with Gasteiger partial charge in [-0.3, -0.25) is 0 Å². The zero-order valence-electron chi connectivity index (χ0n) is 11.6. The van der Waals surface area contributed by atoms with E-state index >= 15 is 0 Å². The molecule has 0 spiro atoms. The number of thioether (sulfide) groups is 1. The zero-order valence-corrected chi connectivity index (χ0v) is 12.4. The lowest BCUT2D eigenvalue weighted by molar-refractivity contribution is 0.144. The fourth-order valence-electron chi connectivity index (χ4n) is 2.36. The fraction of sp³-hybridized carbons (Fsp3) is 0.250. The molecule has 0 aromatic heterocycles. The summed E-state index contributed by atoms with van der Waals surface area (Å²) in [5, 5.41) is 10.6. The molecule has 0 saturated heterocycles. The Morgan fingerprint density at radius 3 is 2.33 bits per heavy atom. The van der Waals surface area contributed by atoms with Crippen molar-refractivity contribution >= 4 is 11.8 Å². The maximum Gasteiger partial charge on any atom is 0.126 e. The summed E-state index contributed by atoms with van der Waals surface area (Å²) >= 11 is 1.50. The van der Waals surface area contributed by atoms with Crippen LogP contribution in [0.4, 0.5) is 8.78 Å². The summed E-state index contributed by atoms with van der Waals surface area (Å²) in [6.45, 7) is 0.0901. The van der Waals surface area contributed by atoms with E-state index in [0.29, 0.717) is 11.1 Å². The molecule has 5 heteroatoms. The van der Waals surface area contributed by atoms with Gasteiger partial charge in [-0.05, 0) is 35.6 Å². The lowest BCUT2D eigenvalue weighted by Gasteiger charge is -2.24. The Balaban J connectivity index is 2.40. The normalized spacial score (nSPS) is 14.0. The van der Waals surface area contributed by atoms with Crippen molar-refractivity contribution in [3.8, 4) is 0 Å². The average molecular weight is 309 g/mol. The van der Waals surface area contributed by atoms with E-state index in [2.05, 4.69) is 0 Å². The van der Waals surface area contributed by atoms with E-state index in [0.717, 1.165) is 11.0 Å². The lowest BCUT2D eigenvalue weighted by Crippen LogP contribution is -2.21. The van der Waals surface area contributed by atoms with Crippen LogP contribution in [-0.2, 0) is 0 Å². The molecule has 2 atom stereocenters. The number of nitrogens with two attached hydrogens (primary N) is 1. The van der Waals surface area contributed by atoms with Gasteiger partial charge in [0.05, 0.1) is 6.10 Å². The molecule has 0 amide bonds. The van der Waals surface area contributed by atoms with Crippen LogP contribution in [0.1, 0.15) is 23.1 Å². The first-order chi connectivity index (χ1) is 10.1. The Morgan fingerprint density at radius 2 is 1.76 bits per heavy atom. The van der Waals surface area contributed by atoms with Crippen LogP contribution in [-0.4, -0.2) is 17.9 Å². The SMILES string of the molecule is CSc1ccccc1C(O)C(CN)c1cc(F)cc(F)c1. The molecule has 0 aliphatic heterocycles. The first-order valence-electron chi connectivity index (χ1n) is 6.54. The Bertz CT molecular complexity index is 601. The smallest absolute Gasteiger partial charge is 0.126 e. The summed E-state index contributed by atoms with van der Waals surface area (Å²) in [5.41, 5.74) is 6.80. The third-order valence-electron chi connectivity index (χ3n) is 3.41. The minimum absolute atomic E-state index is 0.0901. The van der Waals surface area contributed by atoms with Crippen molar-refractivity contribution in [1.82, 2.24) is 0 Å². The minimum Gasteiger partial charge on any atom is -0.388 e. The van der Waals surface area contributed by atoms with Crippen molar-refractivity contribution in [2.75, 3.05) is 12.8 Å². The topological polar surface area (TPSA) is 46.2 Å². The number of rotatable bonds is 5. The molecule has 0 radical (unpaired) electrons. The van der Waals surface area contributed by atoms with Crippen molar-refractivity contribution in [2.24, 2.45) is 5.73 Å². The molecule has 2 aromatic rings. The van der Waals surface area contributed by atoms with Gasteiger partial charge in [0.1, 0.15) is 11.6 Å². The van der Waals surface area contributed by atoms with Crippen molar-refractivity contribution in [2.45, 2.75) is 16.9 Å². The maximum absolute atomic E-state index is 13.4. The van der Waals surface area contributed by atoms with Gasteiger partial charge in [-0.1, -0.05) is 18.2 Å². The Hall–Kier alpha value is -1.43. The zero-order chi connectivity index (χ0) is 15.4. The Labute approximate surface area is 127 Å². The molecule has 0 fully saturated rings. The summed E-state index contributed by atoms with van der Waals surface area (Å²) in [6.07, 6.45) is 0.991. The maximum atomic E-state index is 13.4. The van der Waals surface area contributed by atoms with E-state index in [9.17, 15) is 13.9 Å². The van der Waals surface area contributed by atoms with Crippen molar-refractivity contribution in [1.29, 1.82) is 0 Å². The van der Waals surface area contributed by atoms with E-state index in [1.165, 1.54) is 23.9 Å². The summed E-state index contributed by atoms with van der Waals surface area (Å²) in [6, 6.07) is 10.6. The molecule has 112 valence electrons. The van der Waals surface area contributed by atoms with Crippen LogP contribution < -0.4 is 5.73 Å². The first kappa shape index (κ1) is 15.9. The van der Waals surface area contributed by atoms with Gasteiger partial charge in [0.15, 0.2) is 0 Å². The van der Waals surface area contributed by atoms with E-state index in [-0.39, 0.29) is 6.54 Å². The van der Waals surface area contributed by atoms with Gasteiger partial charge in [-0.15, -0.1) is 11.8 Å². The van der Waals surface area contributed by atoms with E-state index in [1.807, 2.05) is 24.5 Å². The van der Waals surface area contributed by atoms with Crippen LogP contribution in [0.25, 0.3) is 0 Å². The molecule has 2 rings (SSSR count). The van der Waals surface area contributed by atoms with Crippen LogP contribution in [0.3, 0.4) is 0 Å². The van der Waals surface area contributed by atoms with Gasteiger partial charge in [-0.25, -0.2) is 8.78 Å². The molecule has 2 nitrogen and oxygen atoms in total. The van der Waals surface area contributed by atoms with Gasteiger partial charge in [-0.2, -0.15) is 0 Å². The number of halogens is 2. The molecule has 2 aromatic carbocycles. The molecule has 0 aliphatic carbocycles. The van der Waals surface area contributed by atoms with Crippen LogP contribution in [0, 0.1) is 11.6 Å². The molecule has 0 bridgehead atoms. The van der Waals surface area contributed by atoms with Crippen LogP contribution >= 0.6 is 11.8 Å². The summed E-state index contributed by atoms with van der Waals surface area (Å²) in [7, 11) is 0. The average Bonchev–Trinajstić information content (AvgIpc) is 2.46. The molecule has 0 heterocycles. The number of hydrogen-bond donors (Lipinski definition) is 2. The predicted molar refractivity (Wildman–Crippen MR) is 81.3 cm³/mol. The van der Waals surface area contributed by atoms with Crippen molar-refractivity contribution < 1.29 is 13.9 Å². The van der Waals surface area contributed by atoms with E-state index in [1.54, 1.807) is 6.07 Å². The Kier molecular flexibility index (Phi) is 5.33. The summed E-state index contributed by atoms with van der Waals surface area (Å²) in [5.74, 6) is -1.91. The molecule has 21 heavy (non-hydrogen) atoms. The number of benzene rings is 2. The van der Waals surface area contributed by atoms with Crippen LogP contribution in [0.15, 0.2) is 47.4 Å². The van der Waals surface area contributed by atoms with Gasteiger partial charge in [0.2, 0.25) is 0 Å². The summed E-state index contributed by atoms with van der Waals surface area (Å²) < 4.78 is 26.7. The quantitative estimate of drug-likeness (QED) is 0.832. The second-order valence-electron chi connectivity index (χ2n) is 4.73. The largest absolute Gasteiger partial charge is 0.388 e. The third-order valence-corrected chi connectivity index (χ3v) is 4.22. The summed E-state index contributed by atoms with van der Waals surface area (Å²) in [4.78, 5) is 0.917. The first-order valence-corrected chi connectivity index (χ1v) is 7.76. The number of aliphatic hydroxyl groups is 1. The van der Waals surface area contributed by atoms with Gasteiger partial charge in [0.25, 0.3) is 0 Å². The number of hydrogen-bond acceptors (Lipinski definition) is 3. The van der Waals surface area contributed by atoms with Crippen LogP contribution in [0.2, 0.25) is 0 Å². The van der Waals surface area contributed by atoms with E-state index in [4.69, 9.17) is 5.73 Å². The highest BCUT2D eigenvalue weighted by molar-refractivity contribution is 7.98. The molecular weight excluding hydrogens is 292 g/mol. The number of aliphatic hydroxyl groups excluding tert-OH is 1. The minimum atomic E-state index is -0.917. The monoisotopic (exact) mass is 309 g/mol. The fourth-order valence-corrected chi connectivity index (χ4v) is 3.00. The lowest BCUT2D eigenvalue weighted by atomic mass is 9.89. The highest BCUT2D eigenvalue weighted by atomic mass is 32.2. The Morgan fingerprint density at radius 1 is 1.14 bits per heavy atom. The molecule has 0 saturated carbocycles. The highest BCUT2D eigenvalue weighted by Crippen LogP contribution is 2.35. The van der Waals surface area contributed by atoms with Gasteiger partial charge >= 0.3 is 0 Å². The molecule has 3 N–H and O–H groups in total. The van der Waals surface area contributed by atoms with E-state index < -0.39 is 23.7 Å².